The van der Waals surface area contributed by atoms with E-state index < -0.39 is 0 Å². The Morgan fingerprint density at radius 1 is 1.45 bits per heavy atom. The number of hydrogen-bond acceptors (Lipinski definition) is 4. The Labute approximate surface area is 119 Å². The summed E-state index contributed by atoms with van der Waals surface area (Å²) < 4.78 is 1.92. The molecule has 7 heteroatoms. The highest BCUT2D eigenvalue weighted by Crippen LogP contribution is 2.22. The molecule has 0 radical (unpaired) electrons. The second-order valence-electron chi connectivity index (χ2n) is 4.29. The SMILES string of the molecule is CC(NC(=O)c1sccc1-n1cccc1)c1ncn[nH]1. The molecule has 3 aromatic heterocycles. The zero-order valence-corrected chi connectivity index (χ0v) is 11.6. The first-order valence-corrected chi connectivity index (χ1v) is 7.00. The molecule has 0 aliphatic rings. The first-order valence-electron chi connectivity index (χ1n) is 6.12. The van der Waals surface area contributed by atoms with E-state index in [9.17, 15) is 4.79 Å². The monoisotopic (exact) mass is 287 g/mol. The molecule has 3 aromatic rings. The summed E-state index contributed by atoms with van der Waals surface area (Å²) in [6.45, 7) is 1.86. The van der Waals surface area contributed by atoms with Gasteiger partial charge >= 0.3 is 0 Å². The molecule has 20 heavy (non-hydrogen) atoms. The van der Waals surface area contributed by atoms with E-state index in [4.69, 9.17) is 0 Å². The lowest BCUT2D eigenvalue weighted by Gasteiger charge is -2.11. The molecule has 0 spiro atoms. The smallest absolute Gasteiger partial charge is 0.264 e. The maximum absolute atomic E-state index is 12.4. The van der Waals surface area contributed by atoms with Crippen LogP contribution in [0.4, 0.5) is 0 Å². The van der Waals surface area contributed by atoms with Crippen molar-refractivity contribution >= 4 is 17.2 Å². The zero-order chi connectivity index (χ0) is 13.9. The van der Waals surface area contributed by atoms with Crippen LogP contribution in [0.5, 0.6) is 0 Å². The van der Waals surface area contributed by atoms with Gasteiger partial charge in [0.05, 0.1) is 11.7 Å². The molecule has 0 saturated carbocycles. The van der Waals surface area contributed by atoms with Crippen molar-refractivity contribution in [1.82, 2.24) is 25.1 Å². The van der Waals surface area contributed by atoms with Gasteiger partial charge in [-0.2, -0.15) is 5.10 Å². The summed E-state index contributed by atoms with van der Waals surface area (Å²) in [5, 5.41) is 11.4. The van der Waals surface area contributed by atoms with Crippen molar-refractivity contribution in [2.45, 2.75) is 13.0 Å². The lowest BCUT2D eigenvalue weighted by molar-refractivity contribution is 0.0942. The third-order valence-electron chi connectivity index (χ3n) is 2.92. The minimum Gasteiger partial charge on any atom is -0.342 e. The molecule has 3 rings (SSSR count). The topological polar surface area (TPSA) is 75.6 Å². The number of rotatable bonds is 4. The number of nitrogens with one attached hydrogen (secondary N) is 2. The van der Waals surface area contributed by atoms with E-state index in [0.717, 1.165) is 5.69 Å². The molecule has 3 heterocycles. The zero-order valence-electron chi connectivity index (χ0n) is 10.8. The van der Waals surface area contributed by atoms with Gasteiger partial charge < -0.3 is 9.88 Å². The molecular formula is C13H13N5OS. The van der Waals surface area contributed by atoms with Crippen molar-refractivity contribution in [3.8, 4) is 5.69 Å². The fourth-order valence-corrected chi connectivity index (χ4v) is 2.72. The summed E-state index contributed by atoms with van der Waals surface area (Å²) in [5.74, 6) is 0.519. The number of thiophene rings is 1. The predicted molar refractivity (Wildman–Crippen MR) is 75.9 cm³/mol. The van der Waals surface area contributed by atoms with Crippen LogP contribution in [-0.2, 0) is 0 Å². The number of carbonyl (C=O) groups is 1. The number of aromatic nitrogens is 4. The molecule has 0 aliphatic heterocycles. The Kier molecular flexibility index (Phi) is 3.34. The summed E-state index contributed by atoms with van der Waals surface area (Å²) in [7, 11) is 0. The first-order chi connectivity index (χ1) is 9.75. The van der Waals surface area contributed by atoms with Crippen molar-refractivity contribution in [2.24, 2.45) is 0 Å². The van der Waals surface area contributed by atoms with Gasteiger partial charge in [0.2, 0.25) is 0 Å². The highest BCUT2D eigenvalue weighted by Gasteiger charge is 2.18. The highest BCUT2D eigenvalue weighted by atomic mass is 32.1. The largest absolute Gasteiger partial charge is 0.342 e. The van der Waals surface area contributed by atoms with Crippen LogP contribution >= 0.6 is 11.3 Å². The maximum atomic E-state index is 12.4. The Morgan fingerprint density at radius 2 is 2.25 bits per heavy atom. The van der Waals surface area contributed by atoms with Gasteiger partial charge in [-0.1, -0.05) is 0 Å². The molecule has 1 amide bonds. The summed E-state index contributed by atoms with van der Waals surface area (Å²) >= 11 is 1.42. The van der Waals surface area contributed by atoms with Crippen LogP contribution in [0.2, 0.25) is 0 Å². The van der Waals surface area contributed by atoms with Crippen molar-refractivity contribution < 1.29 is 4.79 Å². The molecule has 0 saturated heterocycles. The number of aromatic amines is 1. The predicted octanol–water partition coefficient (Wildman–Crippen LogP) is 2.15. The van der Waals surface area contributed by atoms with E-state index in [1.807, 2.05) is 47.5 Å². The fraction of sp³-hybridized carbons (Fsp3) is 0.154. The van der Waals surface area contributed by atoms with Crippen LogP contribution < -0.4 is 5.32 Å². The average molecular weight is 287 g/mol. The van der Waals surface area contributed by atoms with Crippen molar-refractivity contribution in [2.75, 3.05) is 0 Å². The van der Waals surface area contributed by atoms with Gasteiger partial charge in [-0.25, -0.2) is 4.98 Å². The Balaban J connectivity index is 1.80. The number of carbonyl (C=O) groups excluding carboxylic acids is 1. The van der Waals surface area contributed by atoms with Crippen LogP contribution in [0.1, 0.15) is 28.5 Å². The molecule has 1 unspecified atom stereocenters. The molecule has 2 N–H and O–H groups in total. The maximum Gasteiger partial charge on any atom is 0.264 e. The second-order valence-corrected chi connectivity index (χ2v) is 5.21. The van der Waals surface area contributed by atoms with Crippen LogP contribution in [-0.4, -0.2) is 25.7 Å². The van der Waals surface area contributed by atoms with Crippen LogP contribution in [0.15, 0.2) is 42.3 Å². The molecule has 6 nitrogen and oxygen atoms in total. The Bertz CT molecular complexity index is 686. The van der Waals surface area contributed by atoms with Gasteiger partial charge in [0.25, 0.3) is 5.91 Å². The van der Waals surface area contributed by atoms with Gasteiger partial charge in [0.1, 0.15) is 17.0 Å². The third-order valence-corrected chi connectivity index (χ3v) is 3.83. The van der Waals surface area contributed by atoms with E-state index in [-0.39, 0.29) is 11.9 Å². The first kappa shape index (κ1) is 12.6. The van der Waals surface area contributed by atoms with E-state index >= 15 is 0 Å². The lowest BCUT2D eigenvalue weighted by Crippen LogP contribution is -2.27. The number of nitrogens with zero attached hydrogens (tertiary/aromatic N) is 3. The van der Waals surface area contributed by atoms with E-state index in [2.05, 4.69) is 20.5 Å². The van der Waals surface area contributed by atoms with E-state index in [1.165, 1.54) is 17.7 Å². The van der Waals surface area contributed by atoms with Gasteiger partial charge in [-0.3, -0.25) is 9.89 Å². The number of hydrogen-bond donors (Lipinski definition) is 2. The lowest BCUT2D eigenvalue weighted by atomic mass is 10.3. The highest BCUT2D eigenvalue weighted by molar-refractivity contribution is 7.12. The quantitative estimate of drug-likeness (QED) is 0.772. The average Bonchev–Trinajstić information content (AvgIpc) is 3.19. The number of amides is 1. The Morgan fingerprint density at radius 3 is 2.95 bits per heavy atom. The van der Waals surface area contributed by atoms with Crippen molar-refractivity contribution in [3.05, 3.63) is 53.0 Å². The summed E-state index contributed by atoms with van der Waals surface area (Å²) in [6.07, 6.45) is 5.26. The van der Waals surface area contributed by atoms with Crippen LogP contribution in [0, 0.1) is 0 Å². The summed E-state index contributed by atoms with van der Waals surface area (Å²) in [4.78, 5) is 17.1. The van der Waals surface area contributed by atoms with Gasteiger partial charge in [-0.15, -0.1) is 11.3 Å². The molecular weight excluding hydrogens is 274 g/mol. The van der Waals surface area contributed by atoms with Crippen LogP contribution in [0.3, 0.4) is 0 Å². The normalized spacial score (nSPS) is 12.2. The minimum absolute atomic E-state index is 0.118. The van der Waals surface area contributed by atoms with E-state index in [0.29, 0.717) is 10.7 Å². The van der Waals surface area contributed by atoms with Crippen LogP contribution in [0.25, 0.3) is 5.69 Å². The standard InChI is InChI=1S/C13H13N5OS/c1-9(12-14-8-15-17-12)16-13(19)11-10(4-7-20-11)18-5-2-3-6-18/h2-9H,1H3,(H,16,19)(H,14,15,17). The number of H-pyrrole nitrogens is 1. The fourth-order valence-electron chi connectivity index (χ4n) is 1.92. The third kappa shape index (κ3) is 2.35. The van der Waals surface area contributed by atoms with Gasteiger partial charge in [0.15, 0.2) is 0 Å². The van der Waals surface area contributed by atoms with Gasteiger partial charge in [-0.05, 0) is 30.5 Å². The van der Waals surface area contributed by atoms with Gasteiger partial charge in [0, 0.05) is 12.4 Å². The molecule has 0 fully saturated rings. The van der Waals surface area contributed by atoms with Crippen molar-refractivity contribution in [3.63, 3.8) is 0 Å². The Hall–Kier alpha value is -2.41. The second kappa shape index (κ2) is 5.30. The molecule has 102 valence electrons. The molecule has 0 aliphatic carbocycles. The summed E-state index contributed by atoms with van der Waals surface area (Å²) in [5.41, 5.74) is 0.877. The molecule has 1 atom stereocenters. The molecule has 0 aromatic carbocycles. The minimum atomic E-state index is -0.218. The van der Waals surface area contributed by atoms with E-state index in [1.54, 1.807) is 0 Å². The van der Waals surface area contributed by atoms with Crippen molar-refractivity contribution in [1.29, 1.82) is 0 Å². The molecule has 0 bridgehead atoms. The summed E-state index contributed by atoms with van der Waals surface area (Å²) in [6, 6.07) is 5.57.